The zero-order chi connectivity index (χ0) is 15.5. The molecule has 0 aliphatic carbocycles. The summed E-state index contributed by atoms with van der Waals surface area (Å²) in [6.45, 7) is 9.26. The maximum Gasteiger partial charge on any atom is 0.119 e. The third-order valence-corrected chi connectivity index (χ3v) is 4.27. The highest BCUT2D eigenvalue weighted by Gasteiger charge is 2.25. The number of ether oxygens (including phenoxy) is 1. The van der Waals surface area contributed by atoms with E-state index in [1.165, 1.54) is 0 Å². The van der Waals surface area contributed by atoms with Gasteiger partial charge in [0.25, 0.3) is 0 Å². The lowest BCUT2D eigenvalue weighted by Crippen LogP contribution is -2.26. The summed E-state index contributed by atoms with van der Waals surface area (Å²) < 4.78 is 5.60. The van der Waals surface area contributed by atoms with E-state index >= 15 is 0 Å². The van der Waals surface area contributed by atoms with E-state index in [2.05, 4.69) is 33.1 Å². The molecule has 0 aliphatic rings. The van der Waals surface area contributed by atoms with Crippen LogP contribution in [0.15, 0.2) is 29.6 Å². The minimum Gasteiger partial charge on any atom is -0.494 e. The normalized spacial score (nSPS) is 13.2. The number of nitrogens with zero attached hydrogens (tertiary/aromatic N) is 1. The molecule has 3 nitrogen and oxygen atoms in total. The molecule has 2 rings (SSSR count). The summed E-state index contributed by atoms with van der Waals surface area (Å²) in [6, 6.07) is 8.05. The number of thiazole rings is 1. The zero-order valence-electron chi connectivity index (χ0n) is 13.2. The van der Waals surface area contributed by atoms with Gasteiger partial charge in [-0.15, -0.1) is 11.3 Å². The fraction of sp³-hybridized carbons (Fsp3) is 0.471. The molecule has 1 unspecified atom stereocenters. The van der Waals surface area contributed by atoms with E-state index in [0.29, 0.717) is 0 Å². The lowest BCUT2D eigenvalue weighted by Gasteiger charge is -2.24. The SMILES string of the molecule is CCCOc1ccc(-c2csc(C(N)C(C)(C)C)n2)cc1. The van der Waals surface area contributed by atoms with E-state index in [-0.39, 0.29) is 11.5 Å². The van der Waals surface area contributed by atoms with Crippen LogP contribution in [0.2, 0.25) is 0 Å². The molecule has 0 fully saturated rings. The second-order valence-corrected chi connectivity index (χ2v) is 7.18. The van der Waals surface area contributed by atoms with Gasteiger partial charge in [-0.05, 0) is 36.1 Å². The lowest BCUT2D eigenvalue weighted by molar-refractivity contribution is 0.317. The van der Waals surface area contributed by atoms with Gasteiger partial charge in [0.1, 0.15) is 10.8 Å². The van der Waals surface area contributed by atoms with Crippen LogP contribution in [0.1, 0.15) is 45.2 Å². The molecule has 0 saturated carbocycles. The van der Waals surface area contributed by atoms with Gasteiger partial charge in [-0.2, -0.15) is 0 Å². The van der Waals surface area contributed by atoms with Crippen molar-refractivity contribution < 1.29 is 4.74 Å². The van der Waals surface area contributed by atoms with Crippen molar-refractivity contribution in [3.8, 4) is 17.0 Å². The minimum absolute atomic E-state index is 0.0208. The van der Waals surface area contributed by atoms with Crippen LogP contribution in [0.3, 0.4) is 0 Å². The Morgan fingerprint density at radius 2 is 1.90 bits per heavy atom. The second-order valence-electron chi connectivity index (χ2n) is 6.29. The van der Waals surface area contributed by atoms with Gasteiger partial charge in [0, 0.05) is 10.9 Å². The van der Waals surface area contributed by atoms with Crippen molar-refractivity contribution in [3.63, 3.8) is 0 Å². The third-order valence-electron chi connectivity index (χ3n) is 3.34. The predicted molar refractivity (Wildman–Crippen MR) is 89.7 cm³/mol. The average Bonchev–Trinajstić information content (AvgIpc) is 2.93. The first-order valence-corrected chi connectivity index (χ1v) is 8.24. The van der Waals surface area contributed by atoms with Gasteiger partial charge in [-0.3, -0.25) is 0 Å². The third kappa shape index (κ3) is 4.05. The molecule has 1 aromatic heterocycles. The number of rotatable bonds is 5. The van der Waals surface area contributed by atoms with E-state index in [1.54, 1.807) is 11.3 Å². The maximum absolute atomic E-state index is 6.27. The average molecular weight is 304 g/mol. The van der Waals surface area contributed by atoms with Crippen LogP contribution in [0, 0.1) is 5.41 Å². The van der Waals surface area contributed by atoms with Crippen LogP contribution >= 0.6 is 11.3 Å². The molecule has 2 aromatic rings. The molecule has 114 valence electrons. The van der Waals surface area contributed by atoms with E-state index in [1.807, 2.05) is 24.3 Å². The molecular formula is C17H24N2OS. The molecule has 0 saturated heterocycles. The largest absolute Gasteiger partial charge is 0.494 e. The first kappa shape index (κ1) is 16.0. The first-order valence-electron chi connectivity index (χ1n) is 7.36. The van der Waals surface area contributed by atoms with E-state index < -0.39 is 0 Å². The number of hydrogen-bond donors (Lipinski definition) is 1. The van der Waals surface area contributed by atoms with Gasteiger partial charge in [0.15, 0.2) is 0 Å². The highest BCUT2D eigenvalue weighted by molar-refractivity contribution is 7.10. The molecule has 2 N–H and O–H groups in total. The standard InChI is InChI=1S/C17H24N2OS/c1-5-10-20-13-8-6-12(7-9-13)14-11-21-16(19-14)15(18)17(2,3)4/h6-9,11,15H,5,10,18H2,1-4H3. The molecule has 0 amide bonds. The monoisotopic (exact) mass is 304 g/mol. The van der Waals surface area contributed by atoms with Crippen molar-refractivity contribution in [2.75, 3.05) is 6.61 Å². The van der Waals surface area contributed by atoms with Crippen LogP contribution in [0.5, 0.6) is 5.75 Å². The Balaban J connectivity index is 2.14. The Bertz CT molecular complexity index is 569. The molecular weight excluding hydrogens is 280 g/mol. The molecule has 0 bridgehead atoms. The molecule has 0 spiro atoms. The van der Waals surface area contributed by atoms with Gasteiger partial charge in [0.2, 0.25) is 0 Å². The highest BCUT2D eigenvalue weighted by Crippen LogP contribution is 2.34. The zero-order valence-corrected chi connectivity index (χ0v) is 14.0. The molecule has 0 radical (unpaired) electrons. The molecule has 1 heterocycles. The van der Waals surface area contributed by atoms with E-state index in [4.69, 9.17) is 15.5 Å². The Kier molecular flexibility index (Phi) is 5.01. The lowest BCUT2D eigenvalue weighted by atomic mass is 9.88. The molecule has 0 aliphatic heterocycles. The Labute approximate surface area is 131 Å². The highest BCUT2D eigenvalue weighted by atomic mass is 32.1. The van der Waals surface area contributed by atoms with Crippen LogP contribution in [0.25, 0.3) is 11.3 Å². The van der Waals surface area contributed by atoms with Gasteiger partial charge in [-0.1, -0.05) is 27.7 Å². The van der Waals surface area contributed by atoms with Crippen LogP contribution in [-0.2, 0) is 0 Å². The maximum atomic E-state index is 6.27. The summed E-state index contributed by atoms with van der Waals surface area (Å²) >= 11 is 1.63. The number of aromatic nitrogens is 1. The van der Waals surface area contributed by atoms with E-state index in [0.717, 1.165) is 35.0 Å². The Morgan fingerprint density at radius 1 is 1.24 bits per heavy atom. The number of benzene rings is 1. The summed E-state index contributed by atoms with van der Waals surface area (Å²) in [5.41, 5.74) is 8.37. The van der Waals surface area contributed by atoms with Crippen LogP contribution in [0.4, 0.5) is 0 Å². The summed E-state index contributed by atoms with van der Waals surface area (Å²) in [5.74, 6) is 0.905. The van der Waals surface area contributed by atoms with Gasteiger partial charge in [-0.25, -0.2) is 4.98 Å². The molecule has 1 aromatic carbocycles. The summed E-state index contributed by atoms with van der Waals surface area (Å²) in [5, 5.41) is 3.06. The summed E-state index contributed by atoms with van der Waals surface area (Å²) in [4.78, 5) is 4.69. The van der Waals surface area contributed by atoms with Crippen molar-refractivity contribution in [1.29, 1.82) is 0 Å². The summed E-state index contributed by atoms with van der Waals surface area (Å²) in [6.07, 6.45) is 1.02. The smallest absolute Gasteiger partial charge is 0.119 e. The fourth-order valence-electron chi connectivity index (χ4n) is 1.88. The molecule has 4 heteroatoms. The van der Waals surface area contributed by atoms with Crippen molar-refractivity contribution >= 4 is 11.3 Å². The number of nitrogens with two attached hydrogens (primary N) is 1. The Morgan fingerprint density at radius 3 is 2.48 bits per heavy atom. The molecule has 21 heavy (non-hydrogen) atoms. The van der Waals surface area contributed by atoms with Crippen LogP contribution in [-0.4, -0.2) is 11.6 Å². The van der Waals surface area contributed by atoms with Crippen LogP contribution < -0.4 is 10.5 Å². The van der Waals surface area contributed by atoms with Gasteiger partial charge < -0.3 is 10.5 Å². The Hall–Kier alpha value is -1.39. The topological polar surface area (TPSA) is 48.1 Å². The number of hydrogen-bond acceptors (Lipinski definition) is 4. The minimum atomic E-state index is -0.0385. The molecule has 1 atom stereocenters. The van der Waals surface area contributed by atoms with Crippen molar-refractivity contribution in [2.45, 2.75) is 40.2 Å². The predicted octanol–water partition coefficient (Wildman–Crippen LogP) is 4.64. The van der Waals surface area contributed by atoms with Gasteiger partial charge in [0.05, 0.1) is 18.3 Å². The second kappa shape index (κ2) is 6.58. The van der Waals surface area contributed by atoms with E-state index in [9.17, 15) is 0 Å². The van der Waals surface area contributed by atoms with Crippen molar-refractivity contribution in [2.24, 2.45) is 11.1 Å². The van der Waals surface area contributed by atoms with Gasteiger partial charge >= 0.3 is 0 Å². The summed E-state index contributed by atoms with van der Waals surface area (Å²) in [7, 11) is 0. The first-order chi connectivity index (χ1) is 9.91. The van der Waals surface area contributed by atoms with Crippen molar-refractivity contribution in [3.05, 3.63) is 34.7 Å². The quantitative estimate of drug-likeness (QED) is 0.875. The van der Waals surface area contributed by atoms with Crippen molar-refractivity contribution in [1.82, 2.24) is 4.98 Å². The fourth-order valence-corrected chi connectivity index (χ4v) is 2.95.